The van der Waals surface area contributed by atoms with E-state index in [2.05, 4.69) is 15.9 Å². The summed E-state index contributed by atoms with van der Waals surface area (Å²) in [5.74, 6) is 0.813. The molecule has 0 heterocycles. The Bertz CT molecular complexity index is 31.6. The maximum absolute atomic E-state index is 5.42. The second-order valence-corrected chi connectivity index (χ2v) is 2.61. The zero-order valence-electron chi connectivity index (χ0n) is 4.29. The predicted molar refractivity (Wildman–Crippen MR) is 46.9 cm³/mol. The molecule has 48 valence electrons. The van der Waals surface area contributed by atoms with Crippen molar-refractivity contribution in [2.75, 3.05) is 11.2 Å². The molecule has 0 saturated heterocycles. The van der Waals surface area contributed by atoms with Crippen molar-refractivity contribution in [3.8, 4) is 0 Å². The van der Waals surface area contributed by atoms with E-state index in [1.54, 1.807) is 0 Å². The zero-order valence-corrected chi connectivity index (χ0v) is 6.63. The maximum Gasteiger partial charge on any atom is 0.316 e. The molecule has 0 spiro atoms. The first kappa shape index (κ1) is 12.2. The smallest absolute Gasteiger partial charge is 0.127 e. The fourth-order valence-electron chi connectivity index (χ4n) is 0.366. The SMILES string of the molecule is ClCCCCCBr.[MgH2]. The number of hydrogen-bond donors (Lipinski definition) is 0. The number of alkyl halides is 2. The van der Waals surface area contributed by atoms with Crippen molar-refractivity contribution in [3.63, 3.8) is 0 Å². The van der Waals surface area contributed by atoms with Crippen molar-refractivity contribution in [2.24, 2.45) is 0 Å². The molecule has 0 atom stereocenters. The quantitative estimate of drug-likeness (QED) is 0.379. The van der Waals surface area contributed by atoms with Crippen molar-refractivity contribution in [2.45, 2.75) is 19.3 Å². The number of unbranched alkanes of at least 4 members (excludes halogenated alkanes) is 2. The third-order valence-electron chi connectivity index (χ3n) is 0.767. The Morgan fingerprint density at radius 3 is 2.12 bits per heavy atom. The number of rotatable bonds is 4. The summed E-state index contributed by atoms with van der Waals surface area (Å²) in [6.45, 7) is 0. The highest BCUT2D eigenvalue weighted by Gasteiger charge is 1.82. The van der Waals surface area contributed by atoms with Crippen LogP contribution in [0.15, 0.2) is 0 Å². The molecule has 0 aromatic heterocycles. The van der Waals surface area contributed by atoms with Crippen LogP contribution in [0.2, 0.25) is 0 Å². The molecule has 0 unspecified atom stereocenters. The fourth-order valence-corrected chi connectivity index (χ4v) is 0.951. The van der Waals surface area contributed by atoms with Crippen LogP contribution < -0.4 is 0 Å². The molecule has 0 aliphatic heterocycles. The zero-order chi connectivity index (χ0) is 5.54. The molecule has 0 aliphatic carbocycles. The van der Waals surface area contributed by atoms with E-state index in [0.717, 1.165) is 17.6 Å². The van der Waals surface area contributed by atoms with E-state index in [-0.39, 0.29) is 23.1 Å². The molecule has 0 rings (SSSR count). The van der Waals surface area contributed by atoms with Gasteiger partial charge >= 0.3 is 23.1 Å². The molecule has 0 fully saturated rings. The Morgan fingerprint density at radius 2 is 1.75 bits per heavy atom. The van der Waals surface area contributed by atoms with Gasteiger partial charge in [-0.25, -0.2) is 0 Å². The van der Waals surface area contributed by atoms with Gasteiger partial charge in [0.25, 0.3) is 0 Å². The average molecular weight is 212 g/mol. The van der Waals surface area contributed by atoms with Gasteiger partial charge in [0, 0.05) is 11.2 Å². The molecular weight excluding hydrogens is 200 g/mol. The summed E-state index contributed by atoms with van der Waals surface area (Å²) < 4.78 is 0. The summed E-state index contributed by atoms with van der Waals surface area (Å²) in [5.41, 5.74) is 0. The first-order valence-corrected chi connectivity index (χ1v) is 4.19. The Balaban J connectivity index is 0. The third-order valence-corrected chi connectivity index (χ3v) is 1.60. The third kappa shape index (κ3) is 10.5. The minimum atomic E-state index is 0. The summed E-state index contributed by atoms with van der Waals surface area (Å²) >= 11 is 8.76. The van der Waals surface area contributed by atoms with E-state index >= 15 is 0 Å². The van der Waals surface area contributed by atoms with Crippen LogP contribution in [-0.2, 0) is 0 Å². The summed E-state index contributed by atoms with van der Waals surface area (Å²) in [5, 5.41) is 1.11. The maximum atomic E-state index is 5.42. The van der Waals surface area contributed by atoms with E-state index in [1.807, 2.05) is 0 Å². The van der Waals surface area contributed by atoms with Crippen molar-refractivity contribution in [1.82, 2.24) is 0 Å². The minimum absolute atomic E-state index is 0. The molecule has 0 bridgehead atoms. The van der Waals surface area contributed by atoms with E-state index in [4.69, 9.17) is 11.6 Å². The van der Waals surface area contributed by atoms with Gasteiger partial charge in [0.15, 0.2) is 0 Å². The van der Waals surface area contributed by atoms with Gasteiger partial charge in [0.05, 0.1) is 0 Å². The standard InChI is InChI=1S/C5H10BrCl.Mg.2H/c6-4-2-1-3-5-7;;;/h1-5H2;;;. The van der Waals surface area contributed by atoms with E-state index in [0.29, 0.717) is 0 Å². The highest BCUT2D eigenvalue weighted by Crippen LogP contribution is 1.98. The first-order chi connectivity index (χ1) is 3.41. The normalized spacial score (nSPS) is 8.25. The van der Waals surface area contributed by atoms with Crippen LogP contribution in [0.5, 0.6) is 0 Å². The van der Waals surface area contributed by atoms with Crippen LogP contribution in [0.4, 0.5) is 0 Å². The molecule has 0 aromatic rings. The Hall–Kier alpha value is 1.54. The molecule has 0 amide bonds. The average Bonchev–Trinajstić information content (AvgIpc) is 1.69. The van der Waals surface area contributed by atoms with Gasteiger partial charge in [-0.3, -0.25) is 0 Å². The highest BCUT2D eigenvalue weighted by atomic mass is 79.9. The first-order valence-electron chi connectivity index (χ1n) is 2.53. The van der Waals surface area contributed by atoms with E-state index in [9.17, 15) is 0 Å². The molecule has 0 aliphatic rings. The highest BCUT2D eigenvalue weighted by molar-refractivity contribution is 9.09. The Labute approximate surface area is 80.6 Å². The topological polar surface area (TPSA) is 0 Å². The number of halogens is 2. The van der Waals surface area contributed by atoms with Gasteiger partial charge in [-0.15, -0.1) is 11.6 Å². The van der Waals surface area contributed by atoms with Gasteiger partial charge in [0.1, 0.15) is 0 Å². The molecule has 8 heavy (non-hydrogen) atoms. The van der Waals surface area contributed by atoms with Gasteiger partial charge in [-0.1, -0.05) is 22.4 Å². The second-order valence-electron chi connectivity index (χ2n) is 1.44. The molecule has 0 nitrogen and oxygen atoms in total. The Morgan fingerprint density at radius 1 is 1.12 bits per heavy atom. The molecule has 0 saturated carbocycles. The van der Waals surface area contributed by atoms with Crippen LogP contribution in [0.3, 0.4) is 0 Å². The van der Waals surface area contributed by atoms with Gasteiger partial charge < -0.3 is 0 Å². The van der Waals surface area contributed by atoms with Crippen LogP contribution in [0, 0.1) is 0 Å². The molecular formula is C5H12BrClMg. The largest absolute Gasteiger partial charge is 0.316 e. The summed E-state index contributed by atoms with van der Waals surface area (Å²) in [7, 11) is 0. The van der Waals surface area contributed by atoms with Gasteiger partial charge in [-0.05, 0) is 12.8 Å². The van der Waals surface area contributed by atoms with Crippen LogP contribution in [0.1, 0.15) is 19.3 Å². The summed E-state index contributed by atoms with van der Waals surface area (Å²) in [6, 6.07) is 0. The second kappa shape index (κ2) is 11.3. The molecule has 3 heteroatoms. The summed E-state index contributed by atoms with van der Waals surface area (Å²) in [4.78, 5) is 0. The lowest BCUT2D eigenvalue weighted by molar-refractivity contribution is 0.786. The van der Waals surface area contributed by atoms with E-state index < -0.39 is 0 Å². The van der Waals surface area contributed by atoms with Crippen molar-refractivity contribution >= 4 is 50.6 Å². The lowest BCUT2D eigenvalue weighted by Gasteiger charge is -1.88. The van der Waals surface area contributed by atoms with E-state index in [1.165, 1.54) is 12.8 Å². The monoisotopic (exact) mass is 210 g/mol. The lowest BCUT2D eigenvalue weighted by Crippen LogP contribution is -1.76. The van der Waals surface area contributed by atoms with Crippen LogP contribution in [0.25, 0.3) is 0 Å². The van der Waals surface area contributed by atoms with Crippen LogP contribution in [-0.4, -0.2) is 34.3 Å². The number of hydrogen-bond acceptors (Lipinski definition) is 0. The van der Waals surface area contributed by atoms with Crippen molar-refractivity contribution in [3.05, 3.63) is 0 Å². The van der Waals surface area contributed by atoms with Crippen molar-refractivity contribution in [1.29, 1.82) is 0 Å². The summed E-state index contributed by atoms with van der Waals surface area (Å²) in [6.07, 6.45) is 3.68. The molecule has 0 aromatic carbocycles. The van der Waals surface area contributed by atoms with Gasteiger partial charge in [-0.2, -0.15) is 0 Å². The predicted octanol–water partition coefficient (Wildman–Crippen LogP) is 1.87. The fraction of sp³-hybridized carbons (Fsp3) is 1.00. The van der Waals surface area contributed by atoms with Crippen molar-refractivity contribution < 1.29 is 0 Å². The Kier molecular flexibility index (Phi) is 17.4. The minimum Gasteiger partial charge on any atom is -0.127 e. The lowest BCUT2D eigenvalue weighted by atomic mass is 10.3. The van der Waals surface area contributed by atoms with Gasteiger partial charge in [0.2, 0.25) is 0 Å². The molecule has 0 N–H and O–H groups in total. The molecule has 0 radical (unpaired) electrons. The van der Waals surface area contributed by atoms with Crippen LogP contribution >= 0.6 is 27.5 Å².